The van der Waals surface area contributed by atoms with Crippen molar-refractivity contribution in [1.82, 2.24) is 4.98 Å². The lowest BCUT2D eigenvalue weighted by molar-refractivity contribution is 1.06. The summed E-state index contributed by atoms with van der Waals surface area (Å²) in [5.41, 5.74) is 7.08. The minimum atomic E-state index is 0.0820. The Morgan fingerprint density at radius 1 is 1.50 bits per heavy atom. The molecule has 3 N–H and O–H groups in total. The Bertz CT molecular complexity index is 506. The highest BCUT2D eigenvalue weighted by atomic mass is 32.2. The zero-order valence-corrected chi connectivity index (χ0v) is 10.4. The van der Waals surface area contributed by atoms with Crippen molar-refractivity contribution >= 4 is 28.9 Å². The molecule has 82 valence electrons. The maximum atomic E-state index is 7.42. The van der Waals surface area contributed by atoms with Crippen molar-refractivity contribution in [2.75, 3.05) is 0 Å². The molecule has 0 spiro atoms. The summed E-state index contributed by atoms with van der Waals surface area (Å²) in [6.45, 7) is 1.91. The highest BCUT2D eigenvalue weighted by Gasteiger charge is 2.05. The summed E-state index contributed by atoms with van der Waals surface area (Å²) in [6.07, 6.45) is 0. The number of hydrogen-bond acceptors (Lipinski definition) is 4. The molecule has 0 aromatic carbocycles. The molecule has 0 aliphatic rings. The number of aryl methyl sites for hydroxylation is 1. The molecule has 0 fully saturated rings. The lowest BCUT2D eigenvalue weighted by Crippen LogP contribution is -2.11. The zero-order valence-electron chi connectivity index (χ0n) is 8.73. The van der Waals surface area contributed by atoms with Gasteiger partial charge in [-0.25, -0.2) is 4.98 Å². The van der Waals surface area contributed by atoms with Crippen molar-refractivity contribution in [2.24, 2.45) is 5.73 Å². The van der Waals surface area contributed by atoms with E-state index in [1.165, 1.54) is 4.21 Å². The third kappa shape index (κ3) is 2.62. The number of hydrogen-bond donors (Lipinski definition) is 2. The summed E-state index contributed by atoms with van der Waals surface area (Å²) >= 11 is 3.27. The molecular weight excluding hydrogens is 238 g/mol. The van der Waals surface area contributed by atoms with Gasteiger partial charge in [0.1, 0.15) is 10.9 Å². The van der Waals surface area contributed by atoms with Gasteiger partial charge < -0.3 is 5.73 Å². The topological polar surface area (TPSA) is 62.8 Å². The van der Waals surface area contributed by atoms with Gasteiger partial charge in [-0.15, -0.1) is 11.3 Å². The van der Waals surface area contributed by atoms with Gasteiger partial charge in [-0.3, -0.25) is 5.41 Å². The Morgan fingerprint density at radius 2 is 2.31 bits per heavy atom. The van der Waals surface area contributed by atoms with Gasteiger partial charge in [0, 0.05) is 11.3 Å². The van der Waals surface area contributed by atoms with E-state index >= 15 is 0 Å². The minimum Gasteiger partial charge on any atom is -0.384 e. The highest BCUT2D eigenvalue weighted by Crippen LogP contribution is 2.30. The molecule has 0 atom stereocenters. The second-order valence-corrected chi connectivity index (χ2v) is 5.55. The van der Waals surface area contributed by atoms with E-state index in [9.17, 15) is 0 Å². The molecule has 5 heteroatoms. The number of thiophene rings is 1. The minimum absolute atomic E-state index is 0.0820. The number of amidine groups is 1. The Kier molecular flexibility index (Phi) is 3.26. The maximum absolute atomic E-state index is 7.42. The standard InChI is InChI=1S/C11H11N3S2/c1-7-5-8(11(12)13)6-9(14-7)16-10-3-2-4-15-10/h2-6H,1H3,(H3,12,13). The van der Waals surface area contributed by atoms with Gasteiger partial charge in [-0.2, -0.15) is 0 Å². The fourth-order valence-corrected chi connectivity index (χ4v) is 3.06. The van der Waals surface area contributed by atoms with Crippen molar-refractivity contribution in [3.8, 4) is 0 Å². The normalized spacial score (nSPS) is 10.3. The molecule has 0 saturated carbocycles. The van der Waals surface area contributed by atoms with Crippen molar-refractivity contribution in [3.05, 3.63) is 40.9 Å². The number of aromatic nitrogens is 1. The van der Waals surface area contributed by atoms with E-state index in [0.29, 0.717) is 0 Å². The molecule has 0 amide bonds. The van der Waals surface area contributed by atoms with Crippen molar-refractivity contribution in [2.45, 2.75) is 16.2 Å². The van der Waals surface area contributed by atoms with E-state index in [4.69, 9.17) is 11.1 Å². The summed E-state index contributed by atoms with van der Waals surface area (Å²) in [4.78, 5) is 4.41. The van der Waals surface area contributed by atoms with Gasteiger partial charge in [0.2, 0.25) is 0 Å². The Morgan fingerprint density at radius 3 is 2.94 bits per heavy atom. The van der Waals surface area contributed by atoms with E-state index in [-0.39, 0.29) is 5.84 Å². The number of nitrogens with zero attached hydrogens (tertiary/aromatic N) is 1. The highest BCUT2D eigenvalue weighted by molar-refractivity contribution is 8.01. The summed E-state index contributed by atoms with van der Waals surface area (Å²) in [5, 5.41) is 10.3. The Labute approximate surface area is 102 Å². The number of nitrogens with one attached hydrogen (secondary N) is 1. The second kappa shape index (κ2) is 4.67. The molecule has 0 saturated heterocycles. The number of rotatable bonds is 3. The molecule has 2 heterocycles. The molecule has 2 aromatic heterocycles. The van der Waals surface area contributed by atoms with Gasteiger partial charge in [0.05, 0.1) is 4.21 Å². The summed E-state index contributed by atoms with van der Waals surface area (Å²) in [7, 11) is 0. The van der Waals surface area contributed by atoms with Crippen LogP contribution in [0.15, 0.2) is 38.9 Å². The first-order valence-corrected chi connectivity index (χ1v) is 6.39. The number of nitrogen functional groups attached to an aromatic ring is 1. The van der Waals surface area contributed by atoms with Crippen molar-refractivity contribution < 1.29 is 0 Å². The number of pyridine rings is 1. The molecule has 0 radical (unpaired) electrons. The average molecular weight is 249 g/mol. The predicted octanol–water partition coefficient (Wildman–Crippen LogP) is 2.89. The van der Waals surface area contributed by atoms with Crippen LogP contribution in [0.3, 0.4) is 0 Å². The summed E-state index contributed by atoms with van der Waals surface area (Å²) < 4.78 is 1.19. The lowest BCUT2D eigenvalue weighted by Gasteiger charge is -2.04. The first-order valence-electron chi connectivity index (χ1n) is 4.69. The van der Waals surface area contributed by atoms with E-state index in [1.807, 2.05) is 36.6 Å². The molecule has 2 aromatic rings. The Balaban J connectivity index is 2.31. The SMILES string of the molecule is Cc1cc(C(=N)N)cc(Sc2cccs2)n1. The van der Waals surface area contributed by atoms with Gasteiger partial charge in [-0.05, 0) is 30.5 Å². The van der Waals surface area contributed by atoms with Crippen LogP contribution in [0.4, 0.5) is 0 Å². The number of nitrogens with two attached hydrogens (primary N) is 1. The third-order valence-corrected chi connectivity index (χ3v) is 3.90. The largest absolute Gasteiger partial charge is 0.384 e. The van der Waals surface area contributed by atoms with Crippen LogP contribution in [0, 0.1) is 12.3 Å². The van der Waals surface area contributed by atoms with Gasteiger partial charge >= 0.3 is 0 Å². The lowest BCUT2D eigenvalue weighted by atomic mass is 10.2. The fourth-order valence-electron chi connectivity index (χ4n) is 1.27. The third-order valence-electron chi connectivity index (χ3n) is 1.94. The fraction of sp³-hybridized carbons (Fsp3) is 0.0909. The van der Waals surface area contributed by atoms with Crippen molar-refractivity contribution in [1.29, 1.82) is 5.41 Å². The first kappa shape index (κ1) is 11.2. The van der Waals surface area contributed by atoms with Crippen LogP contribution in [0.1, 0.15) is 11.3 Å². The van der Waals surface area contributed by atoms with Crippen LogP contribution in [0.5, 0.6) is 0 Å². The molecule has 0 aliphatic carbocycles. The van der Waals surface area contributed by atoms with Gasteiger partial charge in [0.15, 0.2) is 0 Å². The maximum Gasteiger partial charge on any atom is 0.122 e. The van der Waals surface area contributed by atoms with E-state index in [1.54, 1.807) is 23.1 Å². The van der Waals surface area contributed by atoms with Gasteiger partial charge in [0.25, 0.3) is 0 Å². The molecular formula is C11H11N3S2. The first-order chi connectivity index (χ1) is 7.65. The summed E-state index contributed by atoms with van der Waals surface area (Å²) in [5.74, 6) is 0.0820. The van der Waals surface area contributed by atoms with E-state index in [2.05, 4.69) is 4.98 Å². The van der Waals surface area contributed by atoms with Crippen LogP contribution in [0.25, 0.3) is 0 Å². The van der Waals surface area contributed by atoms with Crippen LogP contribution >= 0.6 is 23.1 Å². The molecule has 16 heavy (non-hydrogen) atoms. The zero-order chi connectivity index (χ0) is 11.5. The predicted molar refractivity (Wildman–Crippen MR) is 68.4 cm³/mol. The van der Waals surface area contributed by atoms with E-state index in [0.717, 1.165) is 16.3 Å². The molecule has 0 bridgehead atoms. The monoisotopic (exact) mass is 249 g/mol. The van der Waals surface area contributed by atoms with Crippen LogP contribution in [-0.2, 0) is 0 Å². The average Bonchev–Trinajstić information content (AvgIpc) is 2.69. The van der Waals surface area contributed by atoms with Crippen molar-refractivity contribution in [3.63, 3.8) is 0 Å². The Hall–Kier alpha value is -1.33. The molecule has 3 nitrogen and oxygen atoms in total. The molecule has 0 unspecified atom stereocenters. The molecule has 2 rings (SSSR count). The van der Waals surface area contributed by atoms with Gasteiger partial charge in [-0.1, -0.05) is 17.8 Å². The molecule has 0 aliphatic heterocycles. The smallest absolute Gasteiger partial charge is 0.122 e. The van der Waals surface area contributed by atoms with Crippen LogP contribution in [-0.4, -0.2) is 10.8 Å². The second-order valence-electron chi connectivity index (χ2n) is 3.28. The van der Waals surface area contributed by atoms with Crippen LogP contribution < -0.4 is 5.73 Å². The van der Waals surface area contributed by atoms with Crippen LogP contribution in [0.2, 0.25) is 0 Å². The quantitative estimate of drug-likeness (QED) is 0.649. The van der Waals surface area contributed by atoms with E-state index < -0.39 is 0 Å². The summed E-state index contributed by atoms with van der Waals surface area (Å²) in [6, 6.07) is 7.72.